The zero-order chi connectivity index (χ0) is 48.9. The average Bonchev–Trinajstić information content (AvgIpc) is 3.93. The number of nitro groups is 1. The first kappa shape index (κ1) is 49.4. The van der Waals surface area contributed by atoms with Crippen LogP contribution in [-0.2, 0) is 20.2 Å². The van der Waals surface area contributed by atoms with Crippen molar-refractivity contribution in [2.45, 2.75) is 44.6 Å². The monoisotopic (exact) mass is 1000 g/mol. The Labute approximate surface area is 419 Å². The van der Waals surface area contributed by atoms with E-state index in [2.05, 4.69) is 57.4 Å². The molecule has 3 fully saturated rings. The van der Waals surface area contributed by atoms with Gasteiger partial charge >= 0.3 is 13.5 Å². The van der Waals surface area contributed by atoms with Crippen molar-refractivity contribution in [1.29, 1.82) is 0 Å². The van der Waals surface area contributed by atoms with Gasteiger partial charge in [0.2, 0.25) is 0 Å². The van der Waals surface area contributed by atoms with Gasteiger partial charge in [-0.25, -0.2) is 4.79 Å². The normalized spacial score (nSPS) is 18.2. The molecule has 13 nitrogen and oxygen atoms in total. The lowest BCUT2D eigenvalue weighted by Crippen LogP contribution is -2.46. The van der Waals surface area contributed by atoms with E-state index in [-0.39, 0.29) is 29.2 Å². The van der Waals surface area contributed by atoms with E-state index in [4.69, 9.17) is 20.9 Å². The highest BCUT2D eigenvalue weighted by molar-refractivity contribution is 7.99. The summed E-state index contributed by atoms with van der Waals surface area (Å²) in [5.74, 6) is 0.0388. The molecule has 9 rings (SSSR count). The van der Waals surface area contributed by atoms with E-state index in [9.17, 15) is 24.6 Å². The molecule has 16 heteroatoms. The van der Waals surface area contributed by atoms with Crippen molar-refractivity contribution in [1.82, 2.24) is 9.47 Å². The van der Waals surface area contributed by atoms with Crippen molar-refractivity contribution >= 4 is 64.9 Å². The summed E-state index contributed by atoms with van der Waals surface area (Å²) in [7, 11) is -3.67. The summed E-state index contributed by atoms with van der Waals surface area (Å²) in [6.45, 7) is 13.8. The number of nitro benzene ring substituents is 1. The largest absolute Gasteiger partial charge is 0.478 e. The number of halogens is 1. The first-order valence-corrected chi connectivity index (χ1v) is 27.0. The summed E-state index contributed by atoms with van der Waals surface area (Å²) < 4.78 is 30.4. The molecule has 70 heavy (non-hydrogen) atoms. The minimum atomic E-state index is -3.67. The summed E-state index contributed by atoms with van der Waals surface area (Å²) in [5.41, 5.74) is 7.67. The van der Waals surface area contributed by atoms with Gasteiger partial charge in [0.15, 0.2) is 0 Å². The average molecular weight is 1000 g/mol. The Morgan fingerprint density at radius 3 is 2.16 bits per heavy atom. The molecular weight excluding hydrogens is 943 g/mol. The Hall–Kier alpha value is -5.60. The third-order valence-electron chi connectivity index (χ3n) is 13.8. The van der Waals surface area contributed by atoms with Gasteiger partial charge in [-0.1, -0.05) is 60.1 Å². The molecule has 0 radical (unpaired) electrons. The quantitative estimate of drug-likeness (QED) is 0.0403. The van der Waals surface area contributed by atoms with Crippen LogP contribution in [0.1, 0.15) is 47.9 Å². The molecule has 5 aromatic carbocycles. The van der Waals surface area contributed by atoms with Gasteiger partial charge in [0.25, 0.3) is 5.69 Å². The summed E-state index contributed by atoms with van der Waals surface area (Å²) in [4.78, 5) is 33.5. The molecule has 366 valence electrons. The smallest absolute Gasteiger partial charge is 0.338 e. The number of hydrogen-bond donors (Lipinski definition) is 1. The topological polar surface area (TPSA) is 134 Å². The Morgan fingerprint density at radius 2 is 1.49 bits per heavy atom. The van der Waals surface area contributed by atoms with Gasteiger partial charge in [0.05, 0.1) is 47.9 Å². The maximum absolute atomic E-state index is 14.9. The first-order valence-electron chi connectivity index (χ1n) is 24.1. The van der Waals surface area contributed by atoms with Crippen molar-refractivity contribution < 1.29 is 28.7 Å². The van der Waals surface area contributed by atoms with Gasteiger partial charge in [-0.15, -0.1) is 11.8 Å². The van der Waals surface area contributed by atoms with E-state index in [1.54, 1.807) is 28.6 Å². The SMILES string of the molecule is Cc1c(C(=O)O)c(-c2cccc(N3CCN(c4ccc(N5CCO[P@]5(=O)c5ccc(C[C@H](CCN6CCOCC6)CSc6ccccc6)c([N+](=O)[O-])c5)cc4)CC3)c2)c(-c2ccc(Cl)cc2)n1C(C)C. The van der Waals surface area contributed by atoms with Crippen LogP contribution in [0.25, 0.3) is 22.4 Å². The number of rotatable bonds is 17. The van der Waals surface area contributed by atoms with Crippen LogP contribution in [0.5, 0.6) is 0 Å². The van der Waals surface area contributed by atoms with Crippen LogP contribution in [0.4, 0.5) is 22.7 Å². The minimum Gasteiger partial charge on any atom is -0.478 e. The highest BCUT2D eigenvalue weighted by atomic mass is 35.5. The fourth-order valence-corrected chi connectivity index (χ4v) is 13.6. The highest BCUT2D eigenvalue weighted by Gasteiger charge is 2.41. The number of carboxylic acid groups (broad SMARTS) is 1. The molecule has 3 aliphatic rings. The van der Waals surface area contributed by atoms with E-state index in [1.165, 1.54) is 11.0 Å². The third kappa shape index (κ3) is 10.7. The number of morpholine rings is 1. The molecule has 6 aromatic rings. The maximum atomic E-state index is 14.9. The van der Waals surface area contributed by atoms with Crippen molar-refractivity contribution in [3.63, 3.8) is 0 Å². The van der Waals surface area contributed by atoms with Crippen LogP contribution < -0.4 is 19.8 Å². The van der Waals surface area contributed by atoms with Crippen LogP contribution in [0.3, 0.4) is 0 Å². The molecule has 0 bridgehead atoms. The highest BCUT2D eigenvalue weighted by Crippen LogP contribution is 2.56. The van der Waals surface area contributed by atoms with Gasteiger partial charge in [0, 0.05) is 101 Å². The number of anilines is 3. The summed E-state index contributed by atoms with van der Waals surface area (Å²) >= 11 is 8.06. The fraction of sp³-hybridized carbons (Fsp3) is 0.352. The van der Waals surface area contributed by atoms with Crippen molar-refractivity contribution in [2.24, 2.45) is 5.92 Å². The molecule has 0 amide bonds. The molecule has 3 aliphatic heterocycles. The fourth-order valence-electron chi connectivity index (χ4n) is 10.2. The number of carbonyl (C=O) groups is 1. The molecule has 3 saturated heterocycles. The Balaban J connectivity index is 0.887. The Bertz CT molecular complexity index is 2850. The number of aromatic carboxylic acids is 1. The first-order chi connectivity index (χ1) is 33.9. The van der Waals surface area contributed by atoms with E-state index < -0.39 is 13.5 Å². The van der Waals surface area contributed by atoms with Gasteiger partial charge in [-0.05, 0) is 124 Å². The molecule has 2 atom stereocenters. The van der Waals surface area contributed by atoms with Crippen molar-refractivity contribution in [3.05, 3.63) is 153 Å². The number of aromatic nitrogens is 1. The second kappa shape index (κ2) is 21.8. The van der Waals surface area contributed by atoms with E-state index in [0.717, 1.165) is 105 Å². The second-order valence-electron chi connectivity index (χ2n) is 18.5. The number of piperazine rings is 1. The lowest BCUT2D eigenvalue weighted by atomic mass is 9.96. The second-order valence-corrected chi connectivity index (χ2v) is 22.3. The lowest BCUT2D eigenvalue weighted by Gasteiger charge is -2.37. The lowest BCUT2D eigenvalue weighted by molar-refractivity contribution is -0.385. The van der Waals surface area contributed by atoms with E-state index in [0.29, 0.717) is 45.7 Å². The van der Waals surface area contributed by atoms with Crippen molar-refractivity contribution in [3.8, 4) is 22.4 Å². The van der Waals surface area contributed by atoms with Gasteiger partial charge in [0.1, 0.15) is 0 Å². The molecule has 0 unspecified atom stereocenters. The Morgan fingerprint density at radius 1 is 0.800 bits per heavy atom. The number of thioether (sulfide) groups is 1. The zero-order valence-corrected chi connectivity index (χ0v) is 42.4. The molecule has 0 aliphatic carbocycles. The summed E-state index contributed by atoms with van der Waals surface area (Å²) in [6, 6.07) is 39.0. The van der Waals surface area contributed by atoms with Crippen LogP contribution >= 0.6 is 30.9 Å². The minimum absolute atomic E-state index is 0.0209. The standard InChI is InChI=1S/C54H60ClN6O7PS/c1-38(2)60-39(3)51(54(62)63)52(53(60)41-12-15-44(55)16-13-41)43-8-7-9-47(35-43)58-26-24-57(25-27-58)45-17-19-46(20-18-45)59-30-33-68-69(59,66)48-21-14-42(50(36-48)61(64)65)34-40(22-23-56-28-31-67-32-29-56)37-70-49-10-5-4-6-11-49/h4-21,35-36,38,40H,22-34,37H2,1-3H3,(H,62,63)/t40-,69+/m0/s1. The molecule has 0 spiro atoms. The number of hydrogen-bond acceptors (Lipinski definition) is 10. The van der Waals surface area contributed by atoms with Gasteiger partial charge in [-0.2, -0.15) is 0 Å². The van der Waals surface area contributed by atoms with Crippen LogP contribution in [0, 0.1) is 23.0 Å². The predicted octanol–water partition coefficient (Wildman–Crippen LogP) is 11.3. The zero-order valence-electron chi connectivity index (χ0n) is 39.9. The van der Waals surface area contributed by atoms with E-state index >= 15 is 0 Å². The van der Waals surface area contributed by atoms with Gasteiger partial charge < -0.3 is 28.7 Å². The van der Waals surface area contributed by atoms with Crippen LogP contribution in [-0.4, -0.2) is 103 Å². The van der Waals surface area contributed by atoms with E-state index in [1.807, 2.05) is 85.8 Å². The third-order valence-corrected chi connectivity index (χ3v) is 17.8. The molecule has 4 heterocycles. The maximum Gasteiger partial charge on any atom is 0.338 e. The predicted molar refractivity (Wildman–Crippen MR) is 283 cm³/mol. The molecule has 1 N–H and O–H groups in total. The number of benzene rings is 5. The Kier molecular flexibility index (Phi) is 15.4. The van der Waals surface area contributed by atoms with Crippen LogP contribution in [0.2, 0.25) is 5.02 Å². The van der Waals surface area contributed by atoms with Crippen molar-refractivity contribution in [2.75, 3.05) is 92.4 Å². The number of carboxylic acids is 1. The summed E-state index contributed by atoms with van der Waals surface area (Å²) in [6.07, 6.45) is 1.43. The molecular formula is C54H60ClN6O7PS. The molecule has 1 aromatic heterocycles. The number of ether oxygens (including phenoxy) is 1. The molecule has 0 saturated carbocycles. The van der Waals surface area contributed by atoms with Gasteiger partial charge in [-0.3, -0.25) is 24.2 Å². The number of nitrogens with zero attached hydrogens (tertiary/aromatic N) is 6. The van der Waals surface area contributed by atoms with Crippen LogP contribution in [0.15, 0.2) is 126 Å². The summed E-state index contributed by atoms with van der Waals surface area (Å²) in [5, 5.41) is 24.2.